The van der Waals surface area contributed by atoms with Gasteiger partial charge in [-0.3, -0.25) is 0 Å². The van der Waals surface area contributed by atoms with E-state index in [2.05, 4.69) is 0 Å². The molecule has 0 atom stereocenters. The van der Waals surface area contributed by atoms with Crippen LogP contribution >= 0.6 is 23.2 Å². The Morgan fingerprint density at radius 1 is 1.05 bits per heavy atom. The van der Waals surface area contributed by atoms with E-state index in [1.807, 2.05) is 6.92 Å². The van der Waals surface area contributed by atoms with Crippen LogP contribution in [0.3, 0.4) is 0 Å². The molecule has 0 bridgehead atoms. The summed E-state index contributed by atoms with van der Waals surface area (Å²) in [4.78, 5) is 10.8. The van der Waals surface area contributed by atoms with E-state index in [9.17, 15) is 4.79 Å². The molecule has 98 valence electrons. The van der Waals surface area contributed by atoms with Crippen molar-refractivity contribution in [2.24, 2.45) is 0 Å². The van der Waals surface area contributed by atoms with Gasteiger partial charge in [-0.15, -0.1) is 0 Å². The number of aromatic carboxylic acids is 1. The summed E-state index contributed by atoms with van der Waals surface area (Å²) in [6, 6.07) is 9.69. The minimum Gasteiger partial charge on any atom is -0.478 e. The third-order valence-electron chi connectivity index (χ3n) is 2.54. The van der Waals surface area contributed by atoms with Crippen LogP contribution in [0.1, 0.15) is 15.9 Å². The minimum absolute atomic E-state index is 0.0429. The van der Waals surface area contributed by atoms with Gasteiger partial charge in [0.05, 0.1) is 10.6 Å². The van der Waals surface area contributed by atoms with Gasteiger partial charge in [0.2, 0.25) is 0 Å². The molecule has 2 rings (SSSR count). The smallest absolute Gasteiger partial charge is 0.337 e. The molecule has 0 amide bonds. The topological polar surface area (TPSA) is 46.5 Å². The Kier molecular flexibility index (Phi) is 3.98. The molecular formula is C14H10Cl2O3. The number of rotatable bonds is 3. The van der Waals surface area contributed by atoms with Crippen molar-refractivity contribution in [1.82, 2.24) is 0 Å². The average molecular weight is 297 g/mol. The largest absolute Gasteiger partial charge is 0.478 e. The van der Waals surface area contributed by atoms with Gasteiger partial charge in [0.1, 0.15) is 11.5 Å². The highest BCUT2D eigenvalue weighted by atomic mass is 35.5. The molecule has 5 heteroatoms. The lowest BCUT2D eigenvalue weighted by Crippen LogP contribution is -1.97. The normalized spacial score (nSPS) is 10.3. The summed E-state index contributed by atoms with van der Waals surface area (Å²) in [5, 5.41) is 9.67. The number of hydrogen-bond acceptors (Lipinski definition) is 2. The fraction of sp³-hybridized carbons (Fsp3) is 0.0714. The predicted molar refractivity (Wildman–Crippen MR) is 74.7 cm³/mol. The minimum atomic E-state index is -1.07. The van der Waals surface area contributed by atoms with Gasteiger partial charge in [-0.2, -0.15) is 0 Å². The van der Waals surface area contributed by atoms with Crippen LogP contribution in [0.2, 0.25) is 10.0 Å². The number of halogens is 2. The molecule has 0 saturated carbocycles. The molecular weight excluding hydrogens is 287 g/mol. The van der Waals surface area contributed by atoms with E-state index < -0.39 is 5.97 Å². The van der Waals surface area contributed by atoms with Gasteiger partial charge < -0.3 is 9.84 Å². The van der Waals surface area contributed by atoms with Crippen LogP contribution in [-0.4, -0.2) is 11.1 Å². The van der Waals surface area contributed by atoms with E-state index in [0.29, 0.717) is 16.5 Å². The van der Waals surface area contributed by atoms with E-state index in [4.69, 9.17) is 33.0 Å². The van der Waals surface area contributed by atoms with Crippen LogP contribution < -0.4 is 4.74 Å². The molecule has 0 unspecified atom stereocenters. The van der Waals surface area contributed by atoms with Crippen molar-refractivity contribution in [3.63, 3.8) is 0 Å². The van der Waals surface area contributed by atoms with Crippen LogP contribution in [0.4, 0.5) is 0 Å². The van der Waals surface area contributed by atoms with Gasteiger partial charge in [-0.1, -0.05) is 23.2 Å². The van der Waals surface area contributed by atoms with Crippen LogP contribution in [-0.2, 0) is 0 Å². The number of benzene rings is 2. The van der Waals surface area contributed by atoms with Gasteiger partial charge in [-0.05, 0) is 42.8 Å². The molecule has 0 saturated heterocycles. The maximum Gasteiger partial charge on any atom is 0.337 e. The third-order valence-corrected chi connectivity index (χ3v) is 3.27. The highest BCUT2D eigenvalue weighted by Crippen LogP contribution is 2.29. The Hall–Kier alpha value is -1.71. The summed E-state index contributed by atoms with van der Waals surface area (Å²) in [6.07, 6.45) is 0. The molecule has 2 aromatic rings. The van der Waals surface area contributed by atoms with E-state index in [0.717, 1.165) is 5.56 Å². The summed E-state index contributed by atoms with van der Waals surface area (Å²) >= 11 is 11.8. The van der Waals surface area contributed by atoms with Gasteiger partial charge in [0.25, 0.3) is 0 Å². The summed E-state index contributed by atoms with van der Waals surface area (Å²) < 4.78 is 5.59. The predicted octanol–water partition coefficient (Wildman–Crippen LogP) is 4.79. The quantitative estimate of drug-likeness (QED) is 0.885. The second-order valence-electron chi connectivity index (χ2n) is 3.96. The van der Waals surface area contributed by atoms with Crippen LogP contribution in [0.5, 0.6) is 11.5 Å². The SMILES string of the molecule is Cc1cc(Oc2ccc(C(=O)O)c(Cl)c2)ccc1Cl. The van der Waals surface area contributed by atoms with Crippen molar-refractivity contribution in [2.45, 2.75) is 6.92 Å². The zero-order valence-corrected chi connectivity index (χ0v) is 11.5. The van der Waals surface area contributed by atoms with Crippen molar-refractivity contribution >= 4 is 29.2 Å². The molecule has 0 aromatic heterocycles. The summed E-state index contributed by atoms with van der Waals surface area (Å²) in [5.74, 6) is 0.0108. The number of aryl methyl sites for hydroxylation is 1. The summed E-state index contributed by atoms with van der Waals surface area (Å²) in [6.45, 7) is 1.87. The first-order chi connectivity index (χ1) is 8.97. The molecule has 0 spiro atoms. The van der Waals surface area contributed by atoms with Crippen molar-refractivity contribution in [3.05, 3.63) is 57.6 Å². The second-order valence-corrected chi connectivity index (χ2v) is 4.77. The number of carboxylic acids is 1. The van der Waals surface area contributed by atoms with Gasteiger partial charge in [-0.25, -0.2) is 4.79 Å². The fourth-order valence-electron chi connectivity index (χ4n) is 1.55. The molecule has 2 aromatic carbocycles. The Bertz CT molecular complexity index is 639. The molecule has 0 radical (unpaired) electrons. The average Bonchev–Trinajstić information content (AvgIpc) is 2.33. The first-order valence-corrected chi connectivity index (χ1v) is 6.20. The monoisotopic (exact) mass is 296 g/mol. The maximum atomic E-state index is 10.8. The fourth-order valence-corrected chi connectivity index (χ4v) is 1.92. The highest BCUT2D eigenvalue weighted by Gasteiger charge is 2.10. The molecule has 0 aliphatic rings. The zero-order chi connectivity index (χ0) is 14.0. The van der Waals surface area contributed by atoms with E-state index >= 15 is 0 Å². The molecule has 0 aliphatic carbocycles. The Morgan fingerprint density at radius 2 is 1.68 bits per heavy atom. The lowest BCUT2D eigenvalue weighted by Gasteiger charge is -2.08. The molecule has 0 heterocycles. The molecule has 0 aliphatic heterocycles. The first kappa shape index (κ1) is 13.7. The van der Waals surface area contributed by atoms with Crippen molar-refractivity contribution in [1.29, 1.82) is 0 Å². The number of carboxylic acid groups (broad SMARTS) is 1. The van der Waals surface area contributed by atoms with Gasteiger partial charge >= 0.3 is 5.97 Å². The van der Waals surface area contributed by atoms with E-state index in [1.165, 1.54) is 12.1 Å². The Morgan fingerprint density at radius 3 is 2.26 bits per heavy atom. The standard InChI is InChI=1S/C14H10Cl2O3/c1-8-6-9(3-5-12(8)15)19-10-2-4-11(14(17)18)13(16)7-10/h2-7H,1H3,(H,17,18). The van der Waals surface area contributed by atoms with E-state index in [1.54, 1.807) is 24.3 Å². The van der Waals surface area contributed by atoms with Crippen LogP contribution in [0.25, 0.3) is 0 Å². The van der Waals surface area contributed by atoms with Crippen LogP contribution in [0, 0.1) is 6.92 Å². The molecule has 19 heavy (non-hydrogen) atoms. The van der Waals surface area contributed by atoms with Gasteiger partial charge in [0.15, 0.2) is 0 Å². The Balaban J connectivity index is 2.26. The van der Waals surface area contributed by atoms with E-state index in [-0.39, 0.29) is 10.6 Å². The number of carbonyl (C=O) groups is 1. The summed E-state index contributed by atoms with van der Waals surface area (Å²) in [7, 11) is 0. The lowest BCUT2D eigenvalue weighted by molar-refractivity contribution is 0.0697. The third kappa shape index (κ3) is 3.19. The molecule has 1 N–H and O–H groups in total. The zero-order valence-electron chi connectivity index (χ0n) is 9.98. The molecule has 0 fully saturated rings. The van der Waals surface area contributed by atoms with Crippen LogP contribution in [0.15, 0.2) is 36.4 Å². The maximum absolute atomic E-state index is 10.8. The highest BCUT2D eigenvalue weighted by molar-refractivity contribution is 6.33. The first-order valence-electron chi connectivity index (χ1n) is 5.44. The molecule has 3 nitrogen and oxygen atoms in total. The summed E-state index contributed by atoms with van der Waals surface area (Å²) in [5.41, 5.74) is 0.939. The Labute approximate surface area is 120 Å². The van der Waals surface area contributed by atoms with Gasteiger partial charge in [0, 0.05) is 11.1 Å². The lowest BCUT2D eigenvalue weighted by atomic mass is 10.2. The van der Waals surface area contributed by atoms with Crippen molar-refractivity contribution in [3.8, 4) is 11.5 Å². The van der Waals surface area contributed by atoms with Crippen molar-refractivity contribution in [2.75, 3.05) is 0 Å². The van der Waals surface area contributed by atoms with Crippen molar-refractivity contribution < 1.29 is 14.6 Å². The number of ether oxygens (including phenoxy) is 1. The second kappa shape index (κ2) is 5.51. The number of hydrogen-bond donors (Lipinski definition) is 1.